The van der Waals surface area contributed by atoms with Crippen LogP contribution in [-0.2, 0) is 11.2 Å². The first-order chi connectivity index (χ1) is 8.70. The molecule has 0 aromatic carbocycles. The lowest BCUT2D eigenvalue weighted by Crippen LogP contribution is -2.17. The summed E-state index contributed by atoms with van der Waals surface area (Å²) in [6.45, 7) is 4.97. The quantitative estimate of drug-likeness (QED) is 0.870. The van der Waals surface area contributed by atoms with E-state index >= 15 is 0 Å². The smallest absolute Gasteiger partial charge is 0.0676 e. The van der Waals surface area contributed by atoms with Crippen molar-refractivity contribution >= 4 is 0 Å². The molecule has 0 aliphatic carbocycles. The van der Waals surface area contributed by atoms with Gasteiger partial charge < -0.3 is 10.5 Å². The highest BCUT2D eigenvalue weighted by molar-refractivity contribution is 5.24. The van der Waals surface area contributed by atoms with Gasteiger partial charge in [0.25, 0.3) is 0 Å². The normalized spacial score (nSPS) is 21.2. The molecule has 2 heterocycles. The van der Waals surface area contributed by atoms with Crippen LogP contribution in [-0.4, -0.2) is 22.9 Å². The van der Waals surface area contributed by atoms with Crippen LogP contribution in [0, 0.1) is 6.92 Å². The Morgan fingerprint density at radius 2 is 2.33 bits per heavy atom. The molecule has 1 aliphatic rings. The zero-order valence-electron chi connectivity index (χ0n) is 11.4. The second-order valence-corrected chi connectivity index (χ2v) is 5.06. The Morgan fingerprint density at radius 3 is 3.00 bits per heavy atom. The molecule has 1 saturated heterocycles. The molecule has 2 N–H and O–H groups in total. The fourth-order valence-corrected chi connectivity index (χ4v) is 2.52. The third-order valence-electron chi connectivity index (χ3n) is 3.58. The first kappa shape index (κ1) is 13.4. The summed E-state index contributed by atoms with van der Waals surface area (Å²) >= 11 is 0. The predicted molar refractivity (Wildman–Crippen MR) is 71.3 cm³/mol. The van der Waals surface area contributed by atoms with Crippen LogP contribution < -0.4 is 5.73 Å². The van der Waals surface area contributed by atoms with Crippen molar-refractivity contribution in [1.82, 2.24) is 10.2 Å². The van der Waals surface area contributed by atoms with Gasteiger partial charge in [-0.2, -0.15) is 10.2 Å². The number of hydrogen-bond acceptors (Lipinski definition) is 4. The minimum Gasteiger partial charge on any atom is -0.378 e. The molecule has 0 saturated carbocycles. The predicted octanol–water partition coefficient (Wildman–Crippen LogP) is 2.31. The number of rotatable bonds is 5. The summed E-state index contributed by atoms with van der Waals surface area (Å²) in [6.07, 6.45) is 5.68. The number of nitrogens with two attached hydrogens (primary N) is 1. The van der Waals surface area contributed by atoms with Gasteiger partial charge in [0.15, 0.2) is 0 Å². The molecule has 1 aliphatic heterocycles. The molecule has 0 bridgehead atoms. The van der Waals surface area contributed by atoms with Crippen LogP contribution in [0.15, 0.2) is 6.07 Å². The third-order valence-corrected chi connectivity index (χ3v) is 3.58. The molecule has 2 atom stereocenters. The van der Waals surface area contributed by atoms with Crippen LogP contribution in [0.25, 0.3) is 0 Å². The van der Waals surface area contributed by atoms with E-state index in [1.165, 1.54) is 12.8 Å². The maximum Gasteiger partial charge on any atom is 0.0676 e. The van der Waals surface area contributed by atoms with Gasteiger partial charge in [-0.25, -0.2) is 0 Å². The Kier molecular flexibility index (Phi) is 4.66. The molecule has 2 unspecified atom stereocenters. The summed E-state index contributed by atoms with van der Waals surface area (Å²) in [7, 11) is 0. The van der Waals surface area contributed by atoms with Gasteiger partial charge in [-0.15, -0.1) is 0 Å². The zero-order chi connectivity index (χ0) is 13.0. The Morgan fingerprint density at radius 1 is 1.50 bits per heavy atom. The Labute approximate surface area is 109 Å². The zero-order valence-corrected chi connectivity index (χ0v) is 11.4. The van der Waals surface area contributed by atoms with Gasteiger partial charge in [-0.3, -0.25) is 0 Å². The van der Waals surface area contributed by atoms with Crippen molar-refractivity contribution < 1.29 is 4.74 Å². The van der Waals surface area contributed by atoms with E-state index in [0.29, 0.717) is 6.10 Å². The molecule has 0 spiro atoms. The van der Waals surface area contributed by atoms with Crippen LogP contribution in [0.3, 0.4) is 0 Å². The second-order valence-electron chi connectivity index (χ2n) is 5.06. The van der Waals surface area contributed by atoms with Crippen LogP contribution in [0.2, 0.25) is 0 Å². The molecule has 0 radical (unpaired) electrons. The standard InChI is InChI=1S/C14H23N3O/c1-3-14-12(9-10(2)16-17-14)13(15)7-6-11-5-4-8-18-11/h9,11,13H,3-8,15H2,1-2H3. The highest BCUT2D eigenvalue weighted by Gasteiger charge is 2.18. The van der Waals surface area contributed by atoms with Crippen LogP contribution in [0.5, 0.6) is 0 Å². The van der Waals surface area contributed by atoms with Gasteiger partial charge >= 0.3 is 0 Å². The summed E-state index contributed by atoms with van der Waals surface area (Å²) in [5.74, 6) is 0. The number of ether oxygens (including phenoxy) is 1. The van der Waals surface area contributed by atoms with Gasteiger partial charge in [0.1, 0.15) is 0 Å². The fourth-order valence-electron chi connectivity index (χ4n) is 2.52. The highest BCUT2D eigenvalue weighted by Crippen LogP contribution is 2.24. The SMILES string of the molecule is CCc1nnc(C)cc1C(N)CCC1CCCO1. The maximum atomic E-state index is 6.30. The van der Waals surface area contributed by atoms with Crippen molar-refractivity contribution in [3.05, 3.63) is 23.0 Å². The average molecular weight is 249 g/mol. The van der Waals surface area contributed by atoms with Gasteiger partial charge in [0.05, 0.1) is 17.5 Å². The Balaban J connectivity index is 1.98. The van der Waals surface area contributed by atoms with Crippen molar-refractivity contribution in [2.24, 2.45) is 5.73 Å². The average Bonchev–Trinajstić information content (AvgIpc) is 2.89. The first-order valence-corrected chi connectivity index (χ1v) is 6.91. The van der Waals surface area contributed by atoms with E-state index in [0.717, 1.165) is 42.8 Å². The van der Waals surface area contributed by atoms with Crippen molar-refractivity contribution in [2.45, 2.75) is 58.1 Å². The minimum absolute atomic E-state index is 0.0540. The van der Waals surface area contributed by atoms with Crippen LogP contribution in [0.1, 0.15) is 55.6 Å². The first-order valence-electron chi connectivity index (χ1n) is 6.91. The molecule has 100 valence electrons. The number of nitrogens with zero attached hydrogens (tertiary/aromatic N) is 2. The third kappa shape index (κ3) is 3.27. The lowest BCUT2D eigenvalue weighted by atomic mass is 9.98. The van der Waals surface area contributed by atoms with Crippen molar-refractivity contribution in [3.63, 3.8) is 0 Å². The molecule has 4 heteroatoms. The minimum atomic E-state index is 0.0540. The van der Waals surface area contributed by atoms with Gasteiger partial charge in [-0.1, -0.05) is 6.92 Å². The van der Waals surface area contributed by atoms with Crippen LogP contribution in [0.4, 0.5) is 0 Å². The van der Waals surface area contributed by atoms with Gasteiger partial charge in [0, 0.05) is 12.6 Å². The summed E-state index contributed by atoms with van der Waals surface area (Å²) in [4.78, 5) is 0. The topological polar surface area (TPSA) is 61.0 Å². The largest absolute Gasteiger partial charge is 0.378 e. The Hall–Kier alpha value is -1.00. The summed E-state index contributed by atoms with van der Waals surface area (Å²) in [6, 6.07) is 2.13. The fraction of sp³-hybridized carbons (Fsp3) is 0.714. The van der Waals surface area contributed by atoms with Crippen molar-refractivity contribution in [1.29, 1.82) is 0 Å². The molecular formula is C14H23N3O. The van der Waals surface area contributed by atoms with E-state index in [9.17, 15) is 0 Å². The number of aryl methyl sites for hydroxylation is 2. The molecule has 4 nitrogen and oxygen atoms in total. The maximum absolute atomic E-state index is 6.30. The van der Waals surface area contributed by atoms with E-state index in [4.69, 9.17) is 10.5 Å². The monoisotopic (exact) mass is 249 g/mol. The second kappa shape index (κ2) is 6.25. The highest BCUT2D eigenvalue weighted by atomic mass is 16.5. The van der Waals surface area contributed by atoms with Crippen LogP contribution >= 0.6 is 0 Å². The Bertz CT molecular complexity index is 389. The lowest BCUT2D eigenvalue weighted by Gasteiger charge is -2.17. The molecule has 1 fully saturated rings. The number of hydrogen-bond donors (Lipinski definition) is 1. The van der Waals surface area contributed by atoms with Gasteiger partial charge in [-0.05, 0) is 50.7 Å². The van der Waals surface area contributed by atoms with E-state index in [-0.39, 0.29) is 6.04 Å². The summed E-state index contributed by atoms with van der Waals surface area (Å²) in [5.41, 5.74) is 9.42. The van der Waals surface area contributed by atoms with Crippen molar-refractivity contribution in [2.75, 3.05) is 6.61 Å². The molecule has 0 amide bonds. The van der Waals surface area contributed by atoms with E-state index in [1.54, 1.807) is 0 Å². The number of aromatic nitrogens is 2. The molecular weight excluding hydrogens is 226 g/mol. The van der Waals surface area contributed by atoms with Crippen molar-refractivity contribution in [3.8, 4) is 0 Å². The molecule has 18 heavy (non-hydrogen) atoms. The summed E-state index contributed by atoms with van der Waals surface area (Å²) in [5, 5.41) is 8.34. The van der Waals surface area contributed by atoms with E-state index in [2.05, 4.69) is 23.2 Å². The van der Waals surface area contributed by atoms with Gasteiger partial charge in [0.2, 0.25) is 0 Å². The molecule has 1 aromatic rings. The lowest BCUT2D eigenvalue weighted by molar-refractivity contribution is 0.101. The molecule has 1 aromatic heterocycles. The van der Waals surface area contributed by atoms with E-state index in [1.807, 2.05) is 6.92 Å². The molecule has 2 rings (SSSR count). The summed E-state index contributed by atoms with van der Waals surface area (Å²) < 4.78 is 5.64. The van der Waals surface area contributed by atoms with E-state index < -0.39 is 0 Å².